The predicted molar refractivity (Wildman–Crippen MR) is 90.2 cm³/mol. The summed E-state index contributed by atoms with van der Waals surface area (Å²) in [5.41, 5.74) is 10.1. The van der Waals surface area contributed by atoms with Gasteiger partial charge in [-0.15, -0.1) is 5.10 Å². The highest BCUT2D eigenvalue weighted by atomic mass is 15.5. The van der Waals surface area contributed by atoms with Crippen molar-refractivity contribution >= 4 is 11.5 Å². The summed E-state index contributed by atoms with van der Waals surface area (Å²) in [6, 6.07) is 17.1. The Hall–Kier alpha value is -3.33. The number of anilines is 2. The zero-order valence-electron chi connectivity index (χ0n) is 12.9. The summed E-state index contributed by atoms with van der Waals surface area (Å²) in [5, 5.41) is 17.3. The van der Waals surface area contributed by atoms with Crippen LogP contribution in [-0.4, -0.2) is 29.1 Å². The van der Waals surface area contributed by atoms with Gasteiger partial charge in [-0.25, -0.2) is 0 Å². The molecule has 3 rings (SSSR count). The maximum Gasteiger partial charge on any atom is 0.155 e. The van der Waals surface area contributed by atoms with E-state index in [4.69, 9.17) is 11.0 Å². The maximum absolute atomic E-state index is 9.00. The third-order valence-corrected chi connectivity index (χ3v) is 3.58. The summed E-state index contributed by atoms with van der Waals surface area (Å²) in [6.07, 6.45) is 0. The largest absolute Gasteiger partial charge is 0.382 e. The molecular weight excluding hydrogens is 288 g/mol. The Labute approximate surface area is 134 Å². The lowest BCUT2D eigenvalue weighted by Gasteiger charge is -2.12. The van der Waals surface area contributed by atoms with E-state index in [1.54, 1.807) is 18.2 Å². The minimum absolute atomic E-state index is 0.442. The molecule has 0 amide bonds. The van der Waals surface area contributed by atoms with Crippen LogP contribution in [0.3, 0.4) is 0 Å². The number of rotatable bonds is 3. The zero-order chi connectivity index (χ0) is 16.4. The van der Waals surface area contributed by atoms with Crippen LogP contribution in [0.4, 0.5) is 11.5 Å². The Balaban J connectivity index is 2.00. The van der Waals surface area contributed by atoms with Crippen molar-refractivity contribution in [3.05, 3.63) is 54.1 Å². The van der Waals surface area contributed by atoms with E-state index < -0.39 is 0 Å². The number of nitriles is 1. The summed E-state index contributed by atoms with van der Waals surface area (Å²) < 4.78 is 1.54. The van der Waals surface area contributed by atoms with Crippen LogP contribution < -0.4 is 10.6 Å². The minimum atomic E-state index is 0.442. The molecule has 3 aromatic rings. The molecule has 0 saturated heterocycles. The quantitative estimate of drug-likeness (QED) is 0.803. The lowest BCUT2D eigenvalue weighted by molar-refractivity contribution is 0.810. The first-order valence-corrected chi connectivity index (χ1v) is 7.09. The summed E-state index contributed by atoms with van der Waals surface area (Å²) in [7, 11) is 3.98. The number of nitrogens with zero attached hydrogens (tertiary/aromatic N) is 5. The summed E-state index contributed by atoms with van der Waals surface area (Å²) in [6.45, 7) is 0. The number of nitrogen functional groups attached to an aromatic ring is 1. The van der Waals surface area contributed by atoms with Crippen LogP contribution in [0.15, 0.2) is 48.5 Å². The van der Waals surface area contributed by atoms with Crippen LogP contribution in [-0.2, 0) is 0 Å². The molecule has 0 aliphatic heterocycles. The van der Waals surface area contributed by atoms with E-state index in [-0.39, 0.29) is 0 Å². The SMILES string of the molecule is CN(C)c1ccc(-c2nnn(-c3cccc(C#N)c3)c2N)cc1. The minimum Gasteiger partial charge on any atom is -0.382 e. The van der Waals surface area contributed by atoms with E-state index in [1.165, 1.54) is 4.68 Å². The number of hydrogen-bond acceptors (Lipinski definition) is 5. The van der Waals surface area contributed by atoms with Gasteiger partial charge in [0.2, 0.25) is 0 Å². The lowest BCUT2D eigenvalue weighted by atomic mass is 10.1. The second-order valence-corrected chi connectivity index (χ2v) is 5.34. The standard InChI is InChI=1S/C17H16N6/c1-22(2)14-8-6-13(7-9-14)16-17(19)23(21-20-16)15-5-3-4-12(10-15)11-18/h3-10H,19H2,1-2H3. The lowest BCUT2D eigenvalue weighted by Crippen LogP contribution is -2.08. The van der Waals surface area contributed by atoms with E-state index in [0.29, 0.717) is 22.8 Å². The van der Waals surface area contributed by atoms with Gasteiger partial charge in [0.05, 0.1) is 17.3 Å². The fraction of sp³-hybridized carbons (Fsp3) is 0.118. The van der Waals surface area contributed by atoms with E-state index in [1.807, 2.05) is 49.3 Å². The van der Waals surface area contributed by atoms with Gasteiger partial charge in [0.25, 0.3) is 0 Å². The van der Waals surface area contributed by atoms with E-state index >= 15 is 0 Å². The molecule has 6 nitrogen and oxygen atoms in total. The van der Waals surface area contributed by atoms with Crippen LogP contribution >= 0.6 is 0 Å². The average molecular weight is 304 g/mol. The van der Waals surface area contributed by atoms with Crippen LogP contribution in [0.2, 0.25) is 0 Å². The molecule has 2 N–H and O–H groups in total. The number of hydrogen-bond donors (Lipinski definition) is 1. The summed E-state index contributed by atoms with van der Waals surface area (Å²) in [5.74, 6) is 0.442. The van der Waals surface area contributed by atoms with Crippen molar-refractivity contribution in [3.8, 4) is 23.0 Å². The second-order valence-electron chi connectivity index (χ2n) is 5.34. The van der Waals surface area contributed by atoms with Crippen LogP contribution in [0, 0.1) is 11.3 Å². The topological polar surface area (TPSA) is 83.8 Å². The second kappa shape index (κ2) is 5.81. The van der Waals surface area contributed by atoms with Gasteiger partial charge in [-0.1, -0.05) is 23.4 Å². The van der Waals surface area contributed by atoms with Crippen molar-refractivity contribution in [1.82, 2.24) is 15.0 Å². The summed E-state index contributed by atoms with van der Waals surface area (Å²) in [4.78, 5) is 2.03. The third kappa shape index (κ3) is 2.72. The van der Waals surface area contributed by atoms with E-state index in [2.05, 4.69) is 16.4 Å². The van der Waals surface area contributed by atoms with Crippen molar-refractivity contribution in [1.29, 1.82) is 5.26 Å². The van der Waals surface area contributed by atoms with Crippen molar-refractivity contribution in [2.24, 2.45) is 0 Å². The molecule has 0 aliphatic rings. The normalized spacial score (nSPS) is 10.3. The van der Waals surface area contributed by atoms with Gasteiger partial charge in [0.1, 0.15) is 5.69 Å². The molecule has 1 aromatic heterocycles. The van der Waals surface area contributed by atoms with Gasteiger partial charge in [0, 0.05) is 25.3 Å². The molecule has 0 bridgehead atoms. The Morgan fingerprint density at radius 3 is 2.52 bits per heavy atom. The highest BCUT2D eigenvalue weighted by Gasteiger charge is 2.13. The Morgan fingerprint density at radius 1 is 1.13 bits per heavy atom. The van der Waals surface area contributed by atoms with Gasteiger partial charge >= 0.3 is 0 Å². The fourth-order valence-corrected chi connectivity index (χ4v) is 2.31. The average Bonchev–Trinajstić information content (AvgIpc) is 2.96. The highest BCUT2D eigenvalue weighted by molar-refractivity contribution is 5.72. The Morgan fingerprint density at radius 2 is 1.87 bits per heavy atom. The van der Waals surface area contributed by atoms with Gasteiger partial charge in [0.15, 0.2) is 5.82 Å². The zero-order valence-corrected chi connectivity index (χ0v) is 12.9. The molecule has 0 spiro atoms. The molecule has 6 heteroatoms. The molecule has 0 unspecified atom stereocenters. The van der Waals surface area contributed by atoms with E-state index in [9.17, 15) is 0 Å². The van der Waals surface area contributed by atoms with Crippen molar-refractivity contribution < 1.29 is 0 Å². The molecule has 114 valence electrons. The highest BCUT2D eigenvalue weighted by Crippen LogP contribution is 2.27. The number of nitrogens with two attached hydrogens (primary N) is 1. The first kappa shape index (κ1) is 14.6. The van der Waals surface area contributed by atoms with Gasteiger partial charge < -0.3 is 10.6 Å². The third-order valence-electron chi connectivity index (χ3n) is 3.58. The molecule has 1 heterocycles. The van der Waals surface area contributed by atoms with Crippen LogP contribution in [0.5, 0.6) is 0 Å². The smallest absolute Gasteiger partial charge is 0.155 e. The molecule has 2 aromatic carbocycles. The van der Waals surface area contributed by atoms with Gasteiger partial charge in [-0.05, 0) is 30.3 Å². The monoisotopic (exact) mass is 304 g/mol. The molecule has 0 aliphatic carbocycles. The van der Waals surface area contributed by atoms with Crippen molar-refractivity contribution in [2.75, 3.05) is 24.7 Å². The number of benzene rings is 2. The van der Waals surface area contributed by atoms with Gasteiger partial charge in [-0.2, -0.15) is 9.94 Å². The Bertz CT molecular complexity index is 871. The number of aromatic nitrogens is 3. The molecule has 0 radical (unpaired) electrons. The maximum atomic E-state index is 9.00. The first-order valence-electron chi connectivity index (χ1n) is 7.09. The Kier molecular flexibility index (Phi) is 3.69. The molecule has 0 atom stereocenters. The molecular formula is C17H16N6. The van der Waals surface area contributed by atoms with Crippen LogP contribution in [0.25, 0.3) is 16.9 Å². The molecule has 0 fully saturated rings. The van der Waals surface area contributed by atoms with Gasteiger partial charge in [-0.3, -0.25) is 0 Å². The van der Waals surface area contributed by atoms with Crippen molar-refractivity contribution in [2.45, 2.75) is 0 Å². The van der Waals surface area contributed by atoms with Crippen LogP contribution in [0.1, 0.15) is 5.56 Å². The van der Waals surface area contributed by atoms with Crippen molar-refractivity contribution in [3.63, 3.8) is 0 Å². The molecule has 23 heavy (non-hydrogen) atoms. The molecule has 0 saturated carbocycles. The van der Waals surface area contributed by atoms with E-state index in [0.717, 1.165) is 11.3 Å². The predicted octanol–water partition coefficient (Wildman–Crippen LogP) is 2.45. The fourth-order valence-electron chi connectivity index (χ4n) is 2.31. The first-order chi connectivity index (χ1) is 11.1. The summed E-state index contributed by atoms with van der Waals surface area (Å²) >= 11 is 0.